The van der Waals surface area contributed by atoms with E-state index in [-0.39, 0.29) is 11.5 Å². The maximum absolute atomic E-state index is 12.5. The van der Waals surface area contributed by atoms with Gasteiger partial charge in [-0.2, -0.15) is 13.2 Å². The summed E-state index contributed by atoms with van der Waals surface area (Å²) in [6.45, 7) is 0. The van der Waals surface area contributed by atoms with Gasteiger partial charge in [0.05, 0.1) is 0 Å². The molecule has 0 aliphatic carbocycles. The van der Waals surface area contributed by atoms with E-state index in [1.165, 1.54) is 29.9 Å². The van der Waals surface area contributed by atoms with Crippen LogP contribution < -0.4 is 0 Å². The normalized spacial score (nSPS) is 11.6. The minimum atomic E-state index is -4.49. The van der Waals surface area contributed by atoms with Gasteiger partial charge < -0.3 is 4.57 Å². The Balaban J connectivity index is 2.44. The summed E-state index contributed by atoms with van der Waals surface area (Å²) in [5.41, 5.74) is -0.344. The van der Waals surface area contributed by atoms with Crippen LogP contribution in [-0.4, -0.2) is 20.8 Å². The first-order valence-corrected chi connectivity index (χ1v) is 4.94. The lowest BCUT2D eigenvalue weighted by atomic mass is 10.2. The minimum Gasteiger partial charge on any atom is -0.332 e. The van der Waals surface area contributed by atoms with Crippen molar-refractivity contribution in [2.45, 2.75) is 6.18 Å². The number of aromatic nitrogens is 3. The van der Waals surface area contributed by atoms with E-state index in [2.05, 4.69) is 9.97 Å². The van der Waals surface area contributed by atoms with Crippen LogP contribution in [0.25, 0.3) is 11.5 Å². The SMILES string of the molecule is Cn1cc(C(F)(F)F)nc1-c1ccc(C=O)cn1. The summed E-state index contributed by atoms with van der Waals surface area (Å²) in [7, 11) is 1.45. The molecule has 2 aromatic rings. The number of halogens is 3. The molecule has 0 atom stereocenters. The molecule has 0 saturated heterocycles. The molecular formula is C11H8F3N3O. The molecule has 0 unspecified atom stereocenters. The Bertz CT molecular complexity index is 572. The fraction of sp³-hybridized carbons (Fsp3) is 0.182. The van der Waals surface area contributed by atoms with Crippen LogP contribution in [0.5, 0.6) is 0 Å². The summed E-state index contributed by atoms with van der Waals surface area (Å²) in [5.74, 6) is 0.0970. The molecule has 0 saturated carbocycles. The van der Waals surface area contributed by atoms with E-state index in [0.717, 1.165) is 6.20 Å². The summed E-state index contributed by atoms with van der Waals surface area (Å²) >= 11 is 0. The van der Waals surface area contributed by atoms with Crippen molar-refractivity contribution in [2.24, 2.45) is 7.05 Å². The highest BCUT2D eigenvalue weighted by Gasteiger charge is 2.34. The predicted octanol–water partition coefficient (Wildman–Crippen LogP) is 2.31. The number of aryl methyl sites for hydroxylation is 1. The highest BCUT2D eigenvalue weighted by atomic mass is 19.4. The van der Waals surface area contributed by atoms with E-state index in [0.29, 0.717) is 11.8 Å². The third kappa shape index (κ3) is 2.24. The maximum atomic E-state index is 12.5. The van der Waals surface area contributed by atoms with Crippen molar-refractivity contribution in [3.8, 4) is 11.5 Å². The van der Waals surface area contributed by atoms with Crippen LogP contribution in [0.15, 0.2) is 24.5 Å². The largest absolute Gasteiger partial charge is 0.434 e. The van der Waals surface area contributed by atoms with Crippen molar-refractivity contribution in [2.75, 3.05) is 0 Å². The van der Waals surface area contributed by atoms with Gasteiger partial charge in [-0.25, -0.2) is 4.98 Å². The summed E-state index contributed by atoms with van der Waals surface area (Å²) in [4.78, 5) is 17.8. The zero-order valence-corrected chi connectivity index (χ0v) is 9.27. The molecule has 7 heteroatoms. The first kappa shape index (κ1) is 12.3. The molecule has 94 valence electrons. The van der Waals surface area contributed by atoms with Crippen LogP contribution in [0.1, 0.15) is 16.1 Å². The molecule has 2 heterocycles. The third-order valence-electron chi connectivity index (χ3n) is 2.32. The molecule has 2 aromatic heterocycles. The highest BCUT2D eigenvalue weighted by Crippen LogP contribution is 2.29. The molecule has 0 bridgehead atoms. The molecule has 0 N–H and O–H groups in total. The average Bonchev–Trinajstić information content (AvgIpc) is 2.71. The van der Waals surface area contributed by atoms with E-state index in [4.69, 9.17) is 0 Å². The first-order valence-electron chi connectivity index (χ1n) is 4.94. The van der Waals surface area contributed by atoms with Gasteiger partial charge >= 0.3 is 6.18 Å². The monoisotopic (exact) mass is 255 g/mol. The second kappa shape index (κ2) is 4.25. The molecule has 18 heavy (non-hydrogen) atoms. The second-order valence-electron chi connectivity index (χ2n) is 3.65. The number of pyridine rings is 1. The van der Waals surface area contributed by atoms with Crippen molar-refractivity contribution >= 4 is 6.29 Å². The Morgan fingerprint density at radius 3 is 2.50 bits per heavy atom. The van der Waals surface area contributed by atoms with Crippen molar-refractivity contribution in [1.29, 1.82) is 0 Å². The van der Waals surface area contributed by atoms with Crippen molar-refractivity contribution in [1.82, 2.24) is 14.5 Å². The summed E-state index contributed by atoms with van der Waals surface area (Å²) in [6.07, 6.45) is -1.70. The van der Waals surface area contributed by atoms with E-state index in [1.54, 1.807) is 0 Å². The van der Waals surface area contributed by atoms with Crippen molar-refractivity contribution in [3.63, 3.8) is 0 Å². The van der Waals surface area contributed by atoms with Crippen LogP contribution in [0.3, 0.4) is 0 Å². The Hall–Kier alpha value is -2.18. The number of imidazole rings is 1. The van der Waals surface area contributed by atoms with Gasteiger partial charge in [0, 0.05) is 25.0 Å². The lowest BCUT2D eigenvalue weighted by Crippen LogP contribution is -2.04. The highest BCUT2D eigenvalue weighted by molar-refractivity contribution is 5.74. The summed E-state index contributed by atoms with van der Waals surface area (Å²) in [6, 6.07) is 2.92. The molecule has 0 radical (unpaired) electrons. The Labute approximate surface area is 100 Å². The van der Waals surface area contributed by atoms with Gasteiger partial charge in [0.1, 0.15) is 5.69 Å². The summed E-state index contributed by atoms with van der Waals surface area (Å²) in [5, 5.41) is 0. The minimum absolute atomic E-state index is 0.0970. The van der Waals surface area contributed by atoms with E-state index in [9.17, 15) is 18.0 Å². The van der Waals surface area contributed by atoms with Crippen LogP contribution in [0.4, 0.5) is 13.2 Å². The lowest BCUT2D eigenvalue weighted by Gasteiger charge is -2.00. The number of hydrogen-bond acceptors (Lipinski definition) is 3. The Morgan fingerprint density at radius 1 is 1.33 bits per heavy atom. The smallest absolute Gasteiger partial charge is 0.332 e. The third-order valence-corrected chi connectivity index (χ3v) is 2.32. The number of alkyl halides is 3. The fourth-order valence-corrected chi connectivity index (χ4v) is 1.45. The number of rotatable bonds is 2. The van der Waals surface area contributed by atoms with Crippen molar-refractivity contribution < 1.29 is 18.0 Å². The van der Waals surface area contributed by atoms with Gasteiger partial charge in [0.2, 0.25) is 0 Å². The van der Waals surface area contributed by atoms with Crippen molar-refractivity contribution in [3.05, 3.63) is 35.8 Å². The van der Waals surface area contributed by atoms with E-state index >= 15 is 0 Å². The molecular weight excluding hydrogens is 247 g/mol. The topological polar surface area (TPSA) is 47.8 Å². The number of aldehydes is 1. The molecule has 4 nitrogen and oxygen atoms in total. The van der Waals surface area contributed by atoms with Crippen LogP contribution in [-0.2, 0) is 13.2 Å². The van der Waals surface area contributed by atoms with Crippen LogP contribution >= 0.6 is 0 Å². The van der Waals surface area contributed by atoms with E-state index in [1.807, 2.05) is 0 Å². The van der Waals surface area contributed by atoms with Crippen LogP contribution in [0.2, 0.25) is 0 Å². The van der Waals surface area contributed by atoms with Gasteiger partial charge in [-0.1, -0.05) is 0 Å². The maximum Gasteiger partial charge on any atom is 0.434 e. The predicted molar refractivity (Wildman–Crippen MR) is 56.8 cm³/mol. The number of nitrogens with zero attached hydrogens (tertiary/aromatic N) is 3. The van der Waals surface area contributed by atoms with Gasteiger partial charge in [-0.05, 0) is 12.1 Å². The first-order chi connectivity index (χ1) is 8.41. The molecule has 0 aromatic carbocycles. The molecule has 0 aliphatic rings. The Morgan fingerprint density at radius 2 is 2.06 bits per heavy atom. The quantitative estimate of drug-likeness (QED) is 0.774. The summed E-state index contributed by atoms with van der Waals surface area (Å²) < 4.78 is 38.7. The van der Waals surface area contributed by atoms with Gasteiger partial charge in [0.25, 0.3) is 0 Å². The zero-order valence-electron chi connectivity index (χ0n) is 9.27. The molecule has 0 spiro atoms. The number of carbonyl (C=O) groups is 1. The van der Waals surface area contributed by atoms with Gasteiger partial charge in [-0.15, -0.1) is 0 Å². The Kier molecular flexibility index (Phi) is 2.90. The molecule has 0 amide bonds. The average molecular weight is 255 g/mol. The fourth-order valence-electron chi connectivity index (χ4n) is 1.45. The zero-order chi connectivity index (χ0) is 13.3. The number of hydrogen-bond donors (Lipinski definition) is 0. The van der Waals surface area contributed by atoms with Gasteiger partial charge in [-0.3, -0.25) is 9.78 Å². The van der Waals surface area contributed by atoms with Crippen LogP contribution in [0, 0.1) is 0 Å². The standard InChI is InChI=1S/C11H8F3N3O/c1-17-5-9(11(12,13)14)16-10(17)8-3-2-7(6-18)4-15-8/h2-6H,1H3. The molecule has 0 fully saturated rings. The molecule has 0 aliphatic heterocycles. The second-order valence-corrected chi connectivity index (χ2v) is 3.65. The lowest BCUT2D eigenvalue weighted by molar-refractivity contribution is -0.140. The van der Waals surface area contributed by atoms with E-state index < -0.39 is 11.9 Å². The number of carbonyl (C=O) groups excluding carboxylic acids is 1. The molecule has 2 rings (SSSR count). The van der Waals surface area contributed by atoms with Gasteiger partial charge in [0.15, 0.2) is 17.8 Å².